The predicted octanol–water partition coefficient (Wildman–Crippen LogP) is 2.36. The number of hydrogen-bond acceptors (Lipinski definition) is 4. The van der Waals surface area contributed by atoms with Crippen molar-refractivity contribution < 1.29 is 14.3 Å². The number of ether oxygens (including phenoxy) is 1. The molecule has 0 aliphatic carbocycles. The number of urea groups is 1. The number of nitrogens with one attached hydrogen (secondary N) is 3. The van der Waals surface area contributed by atoms with Crippen LogP contribution in [0.3, 0.4) is 0 Å². The van der Waals surface area contributed by atoms with Gasteiger partial charge in [0.2, 0.25) is 0 Å². The van der Waals surface area contributed by atoms with E-state index in [-0.39, 0.29) is 24.1 Å². The molecule has 7 heteroatoms. The Morgan fingerprint density at radius 2 is 2.04 bits per heavy atom. The first kappa shape index (κ1) is 21.2. The molecule has 1 fully saturated rings. The maximum Gasteiger partial charge on any atom is 0.319 e. The fourth-order valence-electron chi connectivity index (χ4n) is 3.21. The van der Waals surface area contributed by atoms with Crippen molar-refractivity contribution in [1.82, 2.24) is 15.5 Å². The average Bonchev–Trinajstić information content (AvgIpc) is 3.04. The minimum absolute atomic E-state index is 0.0242. The molecule has 1 saturated heterocycles. The van der Waals surface area contributed by atoms with E-state index in [4.69, 9.17) is 4.74 Å². The summed E-state index contributed by atoms with van der Waals surface area (Å²) in [6, 6.07) is 5.36. The Bertz CT molecular complexity index is 663. The third-order valence-corrected chi connectivity index (χ3v) is 4.92. The number of nitrogens with zero attached hydrogens (tertiary/aromatic N) is 1. The van der Waals surface area contributed by atoms with Crippen molar-refractivity contribution in [3.8, 4) is 0 Å². The molecule has 1 aliphatic rings. The van der Waals surface area contributed by atoms with Crippen LogP contribution < -0.4 is 16.0 Å². The second-order valence-corrected chi connectivity index (χ2v) is 7.31. The van der Waals surface area contributed by atoms with Crippen LogP contribution in [0.2, 0.25) is 0 Å². The number of carbonyl (C=O) groups excluding carboxylic acids is 2. The van der Waals surface area contributed by atoms with Gasteiger partial charge in [-0.2, -0.15) is 0 Å². The second-order valence-electron chi connectivity index (χ2n) is 7.31. The molecule has 0 aromatic heterocycles. The Kier molecular flexibility index (Phi) is 7.62. The smallest absolute Gasteiger partial charge is 0.319 e. The number of carbonyl (C=O) groups is 2. The summed E-state index contributed by atoms with van der Waals surface area (Å²) in [5.74, 6) is -0.0985. The Hall–Kier alpha value is -2.12. The van der Waals surface area contributed by atoms with Crippen LogP contribution in [0.4, 0.5) is 10.5 Å². The molecule has 0 saturated carbocycles. The second kappa shape index (κ2) is 9.71. The number of rotatable bonds is 7. The zero-order valence-electron chi connectivity index (χ0n) is 17.0. The minimum Gasteiger partial charge on any atom is -0.378 e. The number of anilines is 1. The van der Waals surface area contributed by atoms with E-state index in [1.54, 1.807) is 25.3 Å². The van der Waals surface area contributed by atoms with Gasteiger partial charge in [-0.1, -0.05) is 6.92 Å². The number of methoxy groups -OCH3 is 1. The van der Waals surface area contributed by atoms with Crippen molar-refractivity contribution in [3.05, 3.63) is 29.3 Å². The fraction of sp³-hybridized carbons (Fsp3) is 0.600. The van der Waals surface area contributed by atoms with E-state index in [0.29, 0.717) is 23.8 Å². The van der Waals surface area contributed by atoms with E-state index in [9.17, 15) is 9.59 Å². The standard InChI is InChI=1S/C20H32N4O3/c1-6-9-21-19(25)15-7-8-16(14(4)10-15)22-20(26)23-17-11-24(13(2)3)12-18(17)27-5/h7-8,10,13,17-18H,6,9,11-12H2,1-5H3,(H,21,25)(H2,22,23,26). The topological polar surface area (TPSA) is 82.7 Å². The van der Waals surface area contributed by atoms with Crippen molar-refractivity contribution in [2.45, 2.75) is 52.3 Å². The largest absolute Gasteiger partial charge is 0.378 e. The molecule has 3 N–H and O–H groups in total. The summed E-state index contributed by atoms with van der Waals surface area (Å²) in [5, 5.41) is 8.74. The average molecular weight is 377 g/mol. The van der Waals surface area contributed by atoms with Crippen molar-refractivity contribution >= 4 is 17.6 Å². The van der Waals surface area contributed by atoms with Gasteiger partial charge >= 0.3 is 6.03 Å². The molecule has 1 aliphatic heterocycles. The third-order valence-electron chi connectivity index (χ3n) is 4.92. The molecule has 7 nitrogen and oxygen atoms in total. The SMILES string of the molecule is CCCNC(=O)c1ccc(NC(=O)NC2CN(C(C)C)CC2OC)c(C)c1. The highest BCUT2D eigenvalue weighted by Gasteiger charge is 2.34. The van der Waals surface area contributed by atoms with Crippen LogP contribution in [-0.2, 0) is 4.74 Å². The Balaban J connectivity index is 1.96. The van der Waals surface area contributed by atoms with E-state index in [2.05, 4.69) is 34.7 Å². The predicted molar refractivity (Wildman–Crippen MR) is 107 cm³/mol. The number of benzene rings is 1. The lowest BCUT2D eigenvalue weighted by Crippen LogP contribution is -2.45. The van der Waals surface area contributed by atoms with Gasteiger partial charge in [-0.25, -0.2) is 4.79 Å². The Morgan fingerprint density at radius 3 is 2.63 bits per heavy atom. The van der Waals surface area contributed by atoms with Crippen LogP contribution in [0.15, 0.2) is 18.2 Å². The van der Waals surface area contributed by atoms with Gasteiger partial charge in [0.15, 0.2) is 0 Å². The van der Waals surface area contributed by atoms with E-state index in [0.717, 1.165) is 25.1 Å². The molecule has 1 aromatic carbocycles. The molecule has 1 aromatic rings. The summed E-state index contributed by atoms with van der Waals surface area (Å²) in [6.07, 6.45) is 0.867. The van der Waals surface area contributed by atoms with Gasteiger partial charge in [0, 0.05) is 44.0 Å². The molecule has 0 radical (unpaired) electrons. The summed E-state index contributed by atoms with van der Waals surface area (Å²) in [4.78, 5) is 26.8. The first-order chi connectivity index (χ1) is 12.8. The monoisotopic (exact) mass is 376 g/mol. The molecule has 3 amide bonds. The lowest BCUT2D eigenvalue weighted by molar-refractivity contribution is 0.0896. The van der Waals surface area contributed by atoms with E-state index >= 15 is 0 Å². The normalized spacial score (nSPS) is 19.9. The van der Waals surface area contributed by atoms with Crippen LogP contribution in [-0.4, -0.2) is 61.8 Å². The van der Waals surface area contributed by atoms with E-state index < -0.39 is 0 Å². The van der Waals surface area contributed by atoms with Crippen LogP contribution in [0, 0.1) is 6.92 Å². The first-order valence-corrected chi connectivity index (χ1v) is 9.58. The molecular formula is C20H32N4O3. The molecule has 2 atom stereocenters. The van der Waals surface area contributed by atoms with Crippen molar-refractivity contribution in [1.29, 1.82) is 0 Å². The van der Waals surface area contributed by atoms with Gasteiger partial charge < -0.3 is 20.7 Å². The Labute approximate surface area is 161 Å². The van der Waals surface area contributed by atoms with E-state index in [1.807, 2.05) is 13.8 Å². The van der Waals surface area contributed by atoms with Crippen molar-refractivity contribution in [3.63, 3.8) is 0 Å². The zero-order valence-corrected chi connectivity index (χ0v) is 17.0. The van der Waals surface area contributed by atoms with Gasteiger partial charge in [-0.15, -0.1) is 0 Å². The van der Waals surface area contributed by atoms with Crippen molar-refractivity contribution in [2.24, 2.45) is 0 Å². The van der Waals surface area contributed by atoms with E-state index in [1.165, 1.54) is 0 Å². The number of hydrogen-bond donors (Lipinski definition) is 3. The zero-order chi connectivity index (χ0) is 20.0. The lowest BCUT2D eigenvalue weighted by Gasteiger charge is -2.20. The van der Waals surface area contributed by atoms with Crippen LogP contribution in [0.5, 0.6) is 0 Å². The number of amides is 3. The molecule has 0 spiro atoms. The van der Waals surface area contributed by atoms with Crippen LogP contribution >= 0.6 is 0 Å². The quantitative estimate of drug-likeness (QED) is 0.682. The van der Waals surface area contributed by atoms with Gasteiger partial charge in [-0.05, 0) is 51.0 Å². The summed E-state index contributed by atoms with van der Waals surface area (Å²) in [7, 11) is 1.67. The van der Waals surface area contributed by atoms with Crippen LogP contribution in [0.25, 0.3) is 0 Å². The molecule has 2 unspecified atom stereocenters. The maximum absolute atomic E-state index is 12.4. The molecule has 2 rings (SSSR count). The van der Waals surface area contributed by atoms with Gasteiger partial charge in [0.05, 0.1) is 12.1 Å². The maximum atomic E-state index is 12.4. The third kappa shape index (κ3) is 5.68. The first-order valence-electron chi connectivity index (χ1n) is 9.58. The molecule has 27 heavy (non-hydrogen) atoms. The summed E-state index contributed by atoms with van der Waals surface area (Å²) in [6.45, 7) is 10.4. The highest BCUT2D eigenvalue weighted by atomic mass is 16.5. The summed E-state index contributed by atoms with van der Waals surface area (Å²) < 4.78 is 5.52. The summed E-state index contributed by atoms with van der Waals surface area (Å²) in [5.41, 5.74) is 2.12. The number of aryl methyl sites for hydroxylation is 1. The molecular weight excluding hydrogens is 344 g/mol. The molecule has 150 valence electrons. The number of likely N-dealkylation sites (tertiary alicyclic amines) is 1. The highest BCUT2D eigenvalue weighted by Crippen LogP contribution is 2.18. The van der Waals surface area contributed by atoms with Crippen molar-refractivity contribution in [2.75, 3.05) is 32.1 Å². The Morgan fingerprint density at radius 1 is 1.30 bits per heavy atom. The highest BCUT2D eigenvalue weighted by molar-refractivity contribution is 5.96. The van der Waals surface area contributed by atoms with Gasteiger partial charge in [-0.3, -0.25) is 9.69 Å². The molecule has 1 heterocycles. The van der Waals surface area contributed by atoms with Gasteiger partial charge in [0.25, 0.3) is 5.91 Å². The summed E-state index contributed by atoms with van der Waals surface area (Å²) >= 11 is 0. The van der Waals surface area contributed by atoms with Gasteiger partial charge in [0.1, 0.15) is 0 Å². The fourth-order valence-corrected chi connectivity index (χ4v) is 3.21. The molecule has 0 bridgehead atoms. The minimum atomic E-state index is -0.265. The lowest BCUT2D eigenvalue weighted by atomic mass is 10.1. The van der Waals surface area contributed by atoms with Crippen LogP contribution in [0.1, 0.15) is 43.1 Å².